The molecule has 4 N–H and O–H groups in total. The van der Waals surface area contributed by atoms with Crippen molar-refractivity contribution in [1.82, 2.24) is 30.2 Å². The molecule has 0 fully saturated rings. The topological polar surface area (TPSA) is 136 Å². The molecule has 0 amide bonds. The molecule has 9 nitrogen and oxygen atoms in total. The lowest BCUT2D eigenvalue weighted by Crippen LogP contribution is -2.01. The van der Waals surface area contributed by atoms with E-state index in [1.165, 1.54) is 22.6 Å². The molecule has 0 bridgehead atoms. The molecule has 0 saturated carbocycles. The number of rotatable bonds is 5. The van der Waals surface area contributed by atoms with Gasteiger partial charge in [-0.05, 0) is 0 Å². The minimum absolute atomic E-state index is 0.0721. The van der Waals surface area contributed by atoms with Gasteiger partial charge in [0.05, 0.1) is 12.7 Å². The van der Waals surface area contributed by atoms with Gasteiger partial charge in [-0.2, -0.15) is 4.98 Å². The Hall–Kier alpha value is -2.10. The van der Waals surface area contributed by atoms with Crippen LogP contribution in [0.3, 0.4) is 0 Å². The third-order valence-corrected chi connectivity index (χ3v) is 2.62. The highest BCUT2D eigenvalue weighted by Crippen LogP contribution is 2.12. The van der Waals surface area contributed by atoms with E-state index >= 15 is 0 Å². The molecule has 0 radical (unpaired) electrons. The number of thioether (sulfide) groups is 1. The number of aromatic amines is 1. The maximum atomic E-state index is 10.6. The number of nitrogen functional groups attached to an aromatic ring is 1. The highest BCUT2D eigenvalue weighted by atomic mass is 32.2. The SMILES string of the molecule is Nc1nc(SCCn2cc(C(=O)O)nn2)n[nH]1. The van der Waals surface area contributed by atoms with Gasteiger partial charge in [0.1, 0.15) is 0 Å². The molecule has 0 atom stereocenters. The number of hydrogen-bond acceptors (Lipinski definition) is 7. The first-order valence-electron chi connectivity index (χ1n) is 4.59. The number of carbonyl (C=O) groups is 1. The van der Waals surface area contributed by atoms with E-state index in [1.54, 1.807) is 0 Å². The van der Waals surface area contributed by atoms with Gasteiger partial charge in [-0.15, -0.1) is 10.2 Å². The van der Waals surface area contributed by atoms with Crippen molar-refractivity contribution in [3.8, 4) is 0 Å². The Bertz CT molecular complexity index is 522. The number of carboxylic acid groups (broad SMARTS) is 1. The fourth-order valence-corrected chi connectivity index (χ4v) is 1.79. The number of aromatic nitrogens is 6. The standard InChI is InChI=1S/C7H9N7O2S/c8-6-9-7(12-11-6)17-2-1-14-3-4(5(15)16)10-13-14/h3H,1-2H2,(H,15,16)(H3,8,9,11,12). The van der Waals surface area contributed by atoms with Crippen LogP contribution >= 0.6 is 11.8 Å². The van der Waals surface area contributed by atoms with Crippen LogP contribution in [0.2, 0.25) is 0 Å². The number of aromatic carboxylic acids is 1. The predicted molar refractivity (Wildman–Crippen MR) is 58.5 cm³/mol. The first-order chi connectivity index (χ1) is 8.15. The van der Waals surface area contributed by atoms with E-state index in [-0.39, 0.29) is 11.6 Å². The van der Waals surface area contributed by atoms with Crippen LogP contribution in [-0.4, -0.2) is 47.0 Å². The van der Waals surface area contributed by atoms with Gasteiger partial charge in [-0.3, -0.25) is 4.68 Å². The van der Waals surface area contributed by atoms with Crippen molar-refractivity contribution < 1.29 is 9.90 Å². The zero-order chi connectivity index (χ0) is 12.3. The van der Waals surface area contributed by atoms with E-state index in [2.05, 4.69) is 25.5 Å². The van der Waals surface area contributed by atoms with Crippen LogP contribution in [0.1, 0.15) is 10.5 Å². The third-order valence-electron chi connectivity index (χ3n) is 1.79. The fraction of sp³-hybridized carbons (Fsp3) is 0.286. The van der Waals surface area contributed by atoms with Crippen molar-refractivity contribution in [2.24, 2.45) is 0 Å². The lowest BCUT2D eigenvalue weighted by Gasteiger charge is -1.96. The Morgan fingerprint density at radius 1 is 1.65 bits per heavy atom. The number of H-pyrrole nitrogens is 1. The number of nitrogens with zero attached hydrogens (tertiary/aromatic N) is 5. The van der Waals surface area contributed by atoms with Crippen molar-refractivity contribution in [3.05, 3.63) is 11.9 Å². The molecule has 10 heteroatoms. The molecular weight excluding hydrogens is 246 g/mol. The van der Waals surface area contributed by atoms with Gasteiger partial charge in [0, 0.05) is 5.75 Å². The summed E-state index contributed by atoms with van der Waals surface area (Å²) in [4.78, 5) is 14.5. The zero-order valence-electron chi connectivity index (χ0n) is 8.57. The number of anilines is 1. The van der Waals surface area contributed by atoms with Crippen LogP contribution in [0.15, 0.2) is 11.4 Å². The number of carboxylic acids is 1. The lowest BCUT2D eigenvalue weighted by atomic mass is 10.5. The number of hydrogen-bond donors (Lipinski definition) is 3. The number of aryl methyl sites for hydroxylation is 1. The van der Waals surface area contributed by atoms with E-state index in [0.717, 1.165) is 0 Å². The van der Waals surface area contributed by atoms with Gasteiger partial charge in [0.25, 0.3) is 0 Å². The van der Waals surface area contributed by atoms with Crippen LogP contribution < -0.4 is 5.73 Å². The molecule has 90 valence electrons. The Morgan fingerprint density at radius 2 is 2.47 bits per heavy atom. The second kappa shape index (κ2) is 4.82. The molecule has 0 aliphatic rings. The fourth-order valence-electron chi connectivity index (χ4n) is 1.06. The maximum absolute atomic E-state index is 10.6. The van der Waals surface area contributed by atoms with Crippen molar-refractivity contribution in [2.45, 2.75) is 11.7 Å². The summed E-state index contributed by atoms with van der Waals surface area (Å²) in [6, 6.07) is 0. The Balaban J connectivity index is 1.83. The van der Waals surface area contributed by atoms with Crippen LogP contribution in [-0.2, 0) is 6.54 Å². The van der Waals surface area contributed by atoms with Crippen molar-refractivity contribution in [3.63, 3.8) is 0 Å². The van der Waals surface area contributed by atoms with Crippen molar-refractivity contribution in [2.75, 3.05) is 11.5 Å². The maximum Gasteiger partial charge on any atom is 0.358 e. The zero-order valence-corrected chi connectivity index (χ0v) is 9.39. The Morgan fingerprint density at radius 3 is 3.06 bits per heavy atom. The van der Waals surface area contributed by atoms with Gasteiger partial charge >= 0.3 is 5.97 Å². The smallest absolute Gasteiger partial charge is 0.358 e. The summed E-state index contributed by atoms with van der Waals surface area (Å²) in [5, 5.41) is 22.7. The van der Waals surface area contributed by atoms with Crippen molar-refractivity contribution in [1.29, 1.82) is 0 Å². The molecule has 0 aliphatic heterocycles. The van der Waals surface area contributed by atoms with Crippen LogP contribution in [0.4, 0.5) is 5.95 Å². The second-order valence-electron chi connectivity index (χ2n) is 3.02. The minimum Gasteiger partial charge on any atom is -0.476 e. The highest BCUT2D eigenvalue weighted by molar-refractivity contribution is 7.99. The summed E-state index contributed by atoms with van der Waals surface area (Å²) in [5.74, 6) is -0.188. The summed E-state index contributed by atoms with van der Waals surface area (Å²) in [7, 11) is 0. The molecular formula is C7H9N7O2S. The summed E-state index contributed by atoms with van der Waals surface area (Å²) in [6.07, 6.45) is 1.37. The Kier molecular flexibility index (Phi) is 3.23. The summed E-state index contributed by atoms with van der Waals surface area (Å²) in [5.41, 5.74) is 5.29. The largest absolute Gasteiger partial charge is 0.476 e. The third kappa shape index (κ3) is 2.93. The normalized spacial score (nSPS) is 10.6. The van der Waals surface area contributed by atoms with E-state index in [0.29, 0.717) is 17.5 Å². The second-order valence-corrected chi connectivity index (χ2v) is 4.09. The predicted octanol–water partition coefficient (Wildman–Crippen LogP) is -0.531. The molecule has 0 aliphatic carbocycles. The average molecular weight is 255 g/mol. The van der Waals surface area contributed by atoms with Crippen LogP contribution in [0.5, 0.6) is 0 Å². The molecule has 0 unspecified atom stereocenters. The van der Waals surface area contributed by atoms with E-state index < -0.39 is 5.97 Å². The quantitative estimate of drug-likeness (QED) is 0.606. The molecule has 17 heavy (non-hydrogen) atoms. The summed E-state index contributed by atoms with van der Waals surface area (Å²) < 4.78 is 1.45. The molecule has 0 saturated heterocycles. The van der Waals surface area contributed by atoms with Crippen LogP contribution in [0, 0.1) is 0 Å². The van der Waals surface area contributed by atoms with E-state index in [4.69, 9.17) is 10.8 Å². The number of nitrogens with two attached hydrogens (primary N) is 1. The summed E-state index contributed by atoms with van der Waals surface area (Å²) >= 11 is 1.38. The first-order valence-corrected chi connectivity index (χ1v) is 5.58. The molecule has 2 heterocycles. The van der Waals surface area contributed by atoms with Gasteiger partial charge in [0.15, 0.2) is 5.69 Å². The molecule has 2 aromatic rings. The van der Waals surface area contributed by atoms with Gasteiger partial charge in [-0.25, -0.2) is 9.89 Å². The minimum atomic E-state index is -1.09. The first kappa shape index (κ1) is 11.4. The van der Waals surface area contributed by atoms with Crippen molar-refractivity contribution >= 4 is 23.7 Å². The Labute approximate surface area is 99.4 Å². The molecule has 0 spiro atoms. The van der Waals surface area contributed by atoms with Gasteiger partial charge in [-0.1, -0.05) is 17.0 Å². The van der Waals surface area contributed by atoms with E-state index in [9.17, 15) is 4.79 Å². The van der Waals surface area contributed by atoms with Gasteiger partial charge in [0.2, 0.25) is 11.1 Å². The highest BCUT2D eigenvalue weighted by Gasteiger charge is 2.08. The van der Waals surface area contributed by atoms with Crippen LogP contribution in [0.25, 0.3) is 0 Å². The van der Waals surface area contributed by atoms with Gasteiger partial charge < -0.3 is 10.8 Å². The summed E-state index contributed by atoms with van der Waals surface area (Å²) in [6.45, 7) is 0.513. The molecule has 2 rings (SSSR count). The lowest BCUT2D eigenvalue weighted by molar-refractivity contribution is 0.0690. The molecule has 2 aromatic heterocycles. The van der Waals surface area contributed by atoms with E-state index in [1.807, 2.05) is 0 Å². The average Bonchev–Trinajstić information content (AvgIpc) is 2.88. The molecule has 0 aromatic carbocycles. The monoisotopic (exact) mass is 255 g/mol. The number of nitrogens with one attached hydrogen (secondary N) is 1.